The first-order valence-electron chi connectivity index (χ1n) is 11.0. The lowest BCUT2D eigenvalue weighted by atomic mass is 9.98. The van der Waals surface area contributed by atoms with Crippen LogP contribution in [0.4, 0.5) is 0 Å². The Morgan fingerprint density at radius 3 is 2.61 bits per heavy atom. The van der Waals surface area contributed by atoms with Crippen LogP contribution in [-0.4, -0.2) is 26.7 Å². The number of pyridine rings is 1. The average Bonchev–Trinajstić information content (AvgIpc) is 3.56. The van der Waals surface area contributed by atoms with Gasteiger partial charge in [-0.3, -0.25) is 4.98 Å². The van der Waals surface area contributed by atoms with Crippen LogP contribution in [0.1, 0.15) is 60.6 Å². The molecule has 1 aliphatic carbocycles. The van der Waals surface area contributed by atoms with Gasteiger partial charge >= 0.3 is 0 Å². The van der Waals surface area contributed by atoms with Crippen LogP contribution in [-0.2, 0) is 6.54 Å². The Morgan fingerprint density at radius 1 is 1.10 bits per heavy atom. The van der Waals surface area contributed by atoms with Crippen molar-refractivity contribution < 1.29 is 4.74 Å². The monoisotopic (exact) mass is 432 g/mol. The van der Waals surface area contributed by atoms with Crippen molar-refractivity contribution in [3.63, 3.8) is 0 Å². The summed E-state index contributed by atoms with van der Waals surface area (Å²) in [5.74, 6) is 0.863. The molecule has 0 unspecified atom stereocenters. The molecule has 0 bridgehead atoms. The molecule has 2 fully saturated rings. The largest absolute Gasteiger partial charge is 0.497 e. The van der Waals surface area contributed by atoms with E-state index in [0.29, 0.717) is 6.04 Å². The highest BCUT2D eigenvalue weighted by Crippen LogP contribution is 2.40. The van der Waals surface area contributed by atoms with Gasteiger partial charge in [-0.05, 0) is 66.5 Å². The molecular weight excluding hydrogens is 404 g/mol. The van der Waals surface area contributed by atoms with Crippen LogP contribution in [0.5, 0.6) is 5.75 Å². The molecule has 1 aromatic carbocycles. The molecule has 0 spiro atoms. The maximum absolute atomic E-state index is 5.81. The molecule has 3 aromatic rings. The molecule has 1 saturated heterocycles. The Morgan fingerprint density at radius 2 is 1.90 bits per heavy atom. The minimum atomic E-state index is 0.0198. The van der Waals surface area contributed by atoms with Gasteiger partial charge in [-0.15, -0.1) is 0 Å². The second kappa shape index (κ2) is 8.71. The van der Waals surface area contributed by atoms with E-state index in [0.717, 1.165) is 23.1 Å². The average molecular weight is 433 g/mol. The van der Waals surface area contributed by atoms with Crippen LogP contribution in [0, 0.1) is 0 Å². The number of hydrogen-bond donors (Lipinski definition) is 1. The van der Waals surface area contributed by atoms with Crippen LogP contribution in [0.15, 0.2) is 67.1 Å². The second-order valence-corrected chi connectivity index (χ2v) is 8.82. The molecule has 2 aliphatic rings. The third-order valence-corrected chi connectivity index (χ3v) is 6.89. The van der Waals surface area contributed by atoms with Gasteiger partial charge in [-0.1, -0.05) is 31.0 Å². The fourth-order valence-corrected chi connectivity index (χ4v) is 5.21. The molecule has 160 valence electrons. The molecule has 3 heterocycles. The van der Waals surface area contributed by atoms with E-state index >= 15 is 0 Å². The minimum absolute atomic E-state index is 0.0198. The molecule has 1 saturated carbocycles. The quantitative estimate of drug-likeness (QED) is 0.544. The van der Waals surface area contributed by atoms with Crippen molar-refractivity contribution in [1.29, 1.82) is 0 Å². The van der Waals surface area contributed by atoms with Gasteiger partial charge in [0.15, 0.2) is 5.11 Å². The van der Waals surface area contributed by atoms with Gasteiger partial charge in [-0.25, -0.2) is 0 Å². The van der Waals surface area contributed by atoms with Crippen molar-refractivity contribution >= 4 is 17.3 Å². The molecule has 0 radical (unpaired) electrons. The Labute approximate surface area is 189 Å². The number of ether oxygens (including phenoxy) is 1. The van der Waals surface area contributed by atoms with E-state index in [2.05, 4.69) is 56.4 Å². The molecule has 5 nitrogen and oxygen atoms in total. The number of nitrogens with one attached hydrogen (secondary N) is 1. The smallest absolute Gasteiger partial charge is 0.170 e. The summed E-state index contributed by atoms with van der Waals surface area (Å²) in [7, 11) is 1.69. The summed E-state index contributed by atoms with van der Waals surface area (Å²) >= 11 is 5.81. The van der Waals surface area contributed by atoms with Crippen molar-refractivity contribution in [2.45, 2.75) is 50.4 Å². The molecule has 1 aliphatic heterocycles. The van der Waals surface area contributed by atoms with E-state index in [1.807, 2.05) is 30.5 Å². The first-order chi connectivity index (χ1) is 15.2. The van der Waals surface area contributed by atoms with Gasteiger partial charge in [-0.2, -0.15) is 0 Å². The minimum Gasteiger partial charge on any atom is -0.497 e. The van der Waals surface area contributed by atoms with E-state index in [1.165, 1.54) is 36.8 Å². The molecule has 5 rings (SSSR count). The van der Waals surface area contributed by atoms with E-state index in [4.69, 9.17) is 17.0 Å². The lowest BCUT2D eigenvalue weighted by molar-refractivity contribution is 0.310. The summed E-state index contributed by atoms with van der Waals surface area (Å²) in [6, 6.07) is 17.3. The van der Waals surface area contributed by atoms with Crippen molar-refractivity contribution in [2.75, 3.05) is 7.11 Å². The van der Waals surface area contributed by atoms with Gasteiger partial charge in [0.05, 0.1) is 24.9 Å². The van der Waals surface area contributed by atoms with Crippen LogP contribution in [0.2, 0.25) is 0 Å². The predicted molar refractivity (Wildman–Crippen MR) is 126 cm³/mol. The Bertz CT molecular complexity index is 1030. The molecule has 0 amide bonds. The van der Waals surface area contributed by atoms with Crippen molar-refractivity contribution in [3.8, 4) is 5.75 Å². The number of nitrogens with zero attached hydrogens (tertiary/aromatic N) is 3. The van der Waals surface area contributed by atoms with Gasteiger partial charge in [0, 0.05) is 31.2 Å². The summed E-state index contributed by atoms with van der Waals surface area (Å²) in [5, 5.41) is 4.32. The summed E-state index contributed by atoms with van der Waals surface area (Å²) in [4.78, 5) is 6.94. The highest BCUT2D eigenvalue weighted by atomic mass is 32.1. The standard InChI is InChI=1S/C25H28N4OS/c1-30-21-11-9-18(10-12-21)16-29-24(19-13-15-28(17-19)20-6-2-3-7-20)23(27-25(29)31)22-8-4-5-14-26-22/h4-5,8-15,17,20,23-24H,2-3,6-7,16H2,1H3,(H,27,31)/t23-,24+/m1/s1. The second-order valence-electron chi connectivity index (χ2n) is 8.43. The maximum atomic E-state index is 5.81. The molecular formula is C25H28N4OS. The Hall–Kier alpha value is -2.86. The van der Waals surface area contributed by atoms with Crippen LogP contribution < -0.4 is 10.1 Å². The first kappa shape index (κ1) is 20.1. The SMILES string of the molecule is COc1ccc(CN2C(=S)N[C@H](c3ccccn3)[C@@H]2c2ccn(C3CCCC3)c2)cc1. The number of hydrogen-bond acceptors (Lipinski definition) is 3. The summed E-state index contributed by atoms with van der Waals surface area (Å²) < 4.78 is 7.72. The van der Waals surface area contributed by atoms with Crippen molar-refractivity contribution in [2.24, 2.45) is 0 Å². The zero-order valence-electron chi connectivity index (χ0n) is 17.8. The van der Waals surface area contributed by atoms with Gasteiger partial charge in [0.2, 0.25) is 0 Å². The Kier molecular flexibility index (Phi) is 5.64. The van der Waals surface area contributed by atoms with Crippen LogP contribution in [0.25, 0.3) is 0 Å². The zero-order valence-corrected chi connectivity index (χ0v) is 18.6. The lowest BCUT2D eigenvalue weighted by Gasteiger charge is -2.27. The fourth-order valence-electron chi connectivity index (χ4n) is 4.90. The molecule has 31 heavy (non-hydrogen) atoms. The topological polar surface area (TPSA) is 42.3 Å². The number of methoxy groups -OCH3 is 1. The zero-order chi connectivity index (χ0) is 21.2. The lowest BCUT2D eigenvalue weighted by Crippen LogP contribution is -2.29. The van der Waals surface area contributed by atoms with Crippen LogP contribution in [0.3, 0.4) is 0 Å². The molecule has 2 atom stereocenters. The van der Waals surface area contributed by atoms with Crippen molar-refractivity contribution in [3.05, 3.63) is 83.9 Å². The van der Waals surface area contributed by atoms with Gasteiger partial charge in [0.25, 0.3) is 0 Å². The third-order valence-electron chi connectivity index (χ3n) is 6.53. The van der Waals surface area contributed by atoms with E-state index in [1.54, 1.807) is 7.11 Å². The Balaban J connectivity index is 1.48. The summed E-state index contributed by atoms with van der Waals surface area (Å²) in [6.45, 7) is 0.735. The first-order valence-corrected chi connectivity index (χ1v) is 11.4. The number of rotatable bonds is 6. The van der Waals surface area contributed by atoms with Crippen LogP contribution >= 0.6 is 12.2 Å². The number of benzene rings is 1. The predicted octanol–water partition coefficient (Wildman–Crippen LogP) is 5.18. The number of thiocarbonyl (C=S) groups is 1. The normalized spacial score (nSPS) is 21.5. The third kappa shape index (κ3) is 4.04. The van der Waals surface area contributed by atoms with E-state index in [-0.39, 0.29) is 12.1 Å². The summed E-state index contributed by atoms with van der Waals surface area (Å²) in [6.07, 6.45) is 11.6. The molecule has 2 aromatic heterocycles. The maximum Gasteiger partial charge on any atom is 0.170 e. The number of aromatic nitrogens is 2. The van der Waals surface area contributed by atoms with Crippen molar-refractivity contribution in [1.82, 2.24) is 19.8 Å². The summed E-state index contributed by atoms with van der Waals surface area (Å²) in [5.41, 5.74) is 3.50. The highest BCUT2D eigenvalue weighted by molar-refractivity contribution is 7.80. The molecule has 6 heteroatoms. The van der Waals surface area contributed by atoms with E-state index in [9.17, 15) is 0 Å². The fraction of sp³-hybridized carbons (Fsp3) is 0.360. The highest BCUT2D eigenvalue weighted by Gasteiger charge is 2.40. The van der Waals surface area contributed by atoms with E-state index < -0.39 is 0 Å². The van der Waals surface area contributed by atoms with Gasteiger partial charge in [0.1, 0.15) is 5.75 Å². The van der Waals surface area contributed by atoms with Gasteiger partial charge < -0.3 is 19.5 Å². The molecule has 1 N–H and O–H groups in total.